The van der Waals surface area contributed by atoms with Gasteiger partial charge in [-0.2, -0.15) is 5.10 Å². The number of halogens is 1. The summed E-state index contributed by atoms with van der Waals surface area (Å²) < 4.78 is 1.86. The van der Waals surface area contributed by atoms with Crippen LogP contribution in [0.2, 0.25) is 0 Å². The van der Waals surface area contributed by atoms with Gasteiger partial charge in [0.15, 0.2) is 5.96 Å². The van der Waals surface area contributed by atoms with Crippen LogP contribution in [-0.4, -0.2) is 53.4 Å². The molecule has 1 unspecified atom stereocenters. The maximum Gasteiger partial charge on any atom is 0.191 e. The smallest absolute Gasteiger partial charge is 0.191 e. The van der Waals surface area contributed by atoms with E-state index in [4.69, 9.17) is 0 Å². The van der Waals surface area contributed by atoms with E-state index in [-0.39, 0.29) is 24.0 Å². The first kappa shape index (κ1) is 21.9. The van der Waals surface area contributed by atoms with Crippen molar-refractivity contribution in [3.05, 3.63) is 28.0 Å². The molecule has 1 saturated heterocycles. The number of piperidine rings is 1. The Balaban J connectivity index is 0.00000261. The lowest BCUT2D eigenvalue weighted by atomic mass is 10.1. The van der Waals surface area contributed by atoms with Crippen molar-refractivity contribution in [2.45, 2.75) is 39.2 Å². The van der Waals surface area contributed by atoms with Gasteiger partial charge in [0.2, 0.25) is 0 Å². The molecule has 2 aromatic heterocycles. The molecule has 3 heterocycles. The summed E-state index contributed by atoms with van der Waals surface area (Å²) in [6.45, 7) is 7.06. The first-order chi connectivity index (χ1) is 12.5. The molecule has 0 amide bonds. The van der Waals surface area contributed by atoms with E-state index in [0.717, 1.165) is 49.1 Å². The highest BCUT2D eigenvalue weighted by Crippen LogP contribution is 2.19. The van der Waals surface area contributed by atoms with Crippen molar-refractivity contribution in [3.8, 4) is 0 Å². The van der Waals surface area contributed by atoms with Crippen molar-refractivity contribution in [1.29, 1.82) is 0 Å². The Morgan fingerprint density at radius 1 is 1.41 bits per heavy atom. The monoisotopic (exact) mass is 503 g/mol. The van der Waals surface area contributed by atoms with Gasteiger partial charge in [-0.3, -0.25) is 9.67 Å². The van der Waals surface area contributed by atoms with Crippen molar-refractivity contribution in [1.82, 2.24) is 25.4 Å². The number of nitrogens with one attached hydrogen (secondary N) is 2. The highest BCUT2D eigenvalue weighted by Gasteiger charge is 2.21. The molecule has 2 aromatic rings. The van der Waals surface area contributed by atoms with Gasteiger partial charge in [0, 0.05) is 57.3 Å². The zero-order valence-electron chi connectivity index (χ0n) is 16.5. The molecule has 1 atom stereocenters. The number of aromatic nitrogens is 3. The van der Waals surface area contributed by atoms with Gasteiger partial charge < -0.3 is 15.5 Å². The van der Waals surface area contributed by atoms with Crippen LogP contribution in [-0.2, 0) is 13.5 Å². The van der Waals surface area contributed by atoms with E-state index in [1.165, 1.54) is 17.0 Å². The van der Waals surface area contributed by atoms with E-state index < -0.39 is 0 Å². The summed E-state index contributed by atoms with van der Waals surface area (Å²) >= 11 is 1.78. The van der Waals surface area contributed by atoms with Crippen molar-refractivity contribution in [2.24, 2.45) is 12.0 Å². The fraction of sp³-hybridized carbons (Fsp3) is 0.611. The van der Waals surface area contributed by atoms with E-state index in [1.54, 1.807) is 11.3 Å². The quantitative estimate of drug-likeness (QED) is 0.373. The molecule has 1 aliphatic heterocycles. The van der Waals surface area contributed by atoms with Crippen LogP contribution in [0, 0.1) is 13.8 Å². The van der Waals surface area contributed by atoms with E-state index in [2.05, 4.69) is 50.7 Å². The fourth-order valence-corrected chi connectivity index (χ4v) is 4.33. The average Bonchev–Trinajstić information content (AvgIpc) is 3.19. The van der Waals surface area contributed by atoms with Crippen LogP contribution in [0.5, 0.6) is 0 Å². The van der Waals surface area contributed by atoms with Crippen LogP contribution >= 0.6 is 35.3 Å². The van der Waals surface area contributed by atoms with Gasteiger partial charge in [0.05, 0.1) is 22.6 Å². The minimum atomic E-state index is 0. The predicted molar refractivity (Wildman–Crippen MR) is 124 cm³/mol. The largest absolute Gasteiger partial charge is 0.367 e. The molecular formula is C18H30IN7S. The standard InChI is InChI=1S/C18H29N7S.HI/c1-13-17(26-14(2)22-13)7-8-20-18(19-3)23-15-6-5-9-25(11-15)16-10-21-24(4)12-16;/h10,12,15H,5-9,11H2,1-4H3,(H2,19,20,23);1H. The molecule has 27 heavy (non-hydrogen) atoms. The second-order valence-corrected chi connectivity index (χ2v) is 8.08. The second-order valence-electron chi connectivity index (χ2n) is 6.79. The fourth-order valence-electron chi connectivity index (χ4n) is 3.39. The van der Waals surface area contributed by atoms with Crippen LogP contribution < -0.4 is 15.5 Å². The maximum atomic E-state index is 4.49. The molecule has 7 nitrogen and oxygen atoms in total. The van der Waals surface area contributed by atoms with Crippen LogP contribution in [0.3, 0.4) is 0 Å². The molecule has 9 heteroatoms. The Hall–Kier alpha value is -1.36. The molecule has 1 aliphatic rings. The molecule has 0 saturated carbocycles. The van der Waals surface area contributed by atoms with E-state index in [1.807, 2.05) is 25.0 Å². The Bertz CT molecular complexity index is 755. The Morgan fingerprint density at radius 2 is 2.22 bits per heavy atom. The van der Waals surface area contributed by atoms with Crippen molar-refractivity contribution in [3.63, 3.8) is 0 Å². The van der Waals surface area contributed by atoms with Crippen molar-refractivity contribution in [2.75, 3.05) is 31.6 Å². The van der Waals surface area contributed by atoms with E-state index >= 15 is 0 Å². The predicted octanol–water partition coefficient (Wildman–Crippen LogP) is 2.49. The molecule has 0 aliphatic carbocycles. The lowest BCUT2D eigenvalue weighted by Crippen LogP contribution is -2.51. The highest BCUT2D eigenvalue weighted by molar-refractivity contribution is 14.0. The molecular weight excluding hydrogens is 473 g/mol. The number of aryl methyl sites for hydroxylation is 3. The summed E-state index contributed by atoms with van der Waals surface area (Å²) in [5.74, 6) is 0.877. The molecule has 1 fully saturated rings. The number of hydrogen-bond acceptors (Lipinski definition) is 5. The zero-order chi connectivity index (χ0) is 18.5. The number of anilines is 1. The van der Waals surface area contributed by atoms with Crippen LogP contribution in [0.25, 0.3) is 0 Å². The molecule has 150 valence electrons. The average molecular weight is 503 g/mol. The number of guanidine groups is 1. The number of aliphatic imine (C=N–C) groups is 1. The minimum absolute atomic E-state index is 0. The highest BCUT2D eigenvalue weighted by atomic mass is 127. The molecule has 0 spiro atoms. The summed E-state index contributed by atoms with van der Waals surface area (Å²) in [6.07, 6.45) is 7.32. The van der Waals surface area contributed by atoms with Crippen molar-refractivity contribution < 1.29 is 0 Å². The summed E-state index contributed by atoms with van der Waals surface area (Å²) in [6, 6.07) is 0.391. The molecule has 0 aromatic carbocycles. The van der Waals surface area contributed by atoms with Crippen LogP contribution in [0.1, 0.15) is 28.4 Å². The van der Waals surface area contributed by atoms with Crippen LogP contribution in [0.4, 0.5) is 5.69 Å². The molecule has 0 radical (unpaired) electrons. The minimum Gasteiger partial charge on any atom is -0.367 e. The summed E-state index contributed by atoms with van der Waals surface area (Å²) in [5.41, 5.74) is 2.34. The Morgan fingerprint density at radius 3 is 2.85 bits per heavy atom. The lowest BCUT2D eigenvalue weighted by molar-refractivity contribution is 0.468. The second kappa shape index (κ2) is 10.3. The van der Waals surface area contributed by atoms with Crippen molar-refractivity contribution >= 4 is 47.0 Å². The third-order valence-corrected chi connectivity index (χ3v) is 5.82. The molecule has 0 bridgehead atoms. The van der Waals surface area contributed by atoms with Crippen LogP contribution in [0.15, 0.2) is 17.4 Å². The van der Waals surface area contributed by atoms with Gasteiger partial charge in [-0.25, -0.2) is 4.98 Å². The summed E-state index contributed by atoms with van der Waals surface area (Å²) in [7, 11) is 3.79. The van der Waals surface area contributed by atoms with Gasteiger partial charge in [0.1, 0.15) is 0 Å². The first-order valence-corrected chi connectivity index (χ1v) is 10.0. The first-order valence-electron chi connectivity index (χ1n) is 9.19. The van der Waals surface area contributed by atoms with E-state index in [9.17, 15) is 0 Å². The Labute approximate surface area is 182 Å². The number of hydrogen-bond donors (Lipinski definition) is 2. The molecule has 2 N–H and O–H groups in total. The summed E-state index contributed by atoms with van der Waals surface area (Å²) in [5, 5.41) is 12.4. The SMILES string of the molecule is CN=C(NCCc1sc(C)nc1C)NC1CCCN(c2cnn(C)c2)C1.I. The van der Waals surface area contributed by atoms with Gasteiger partial charge in [0.25, 0.3) is 0 Å². The molecule has 3 rings (SSSR count). The normalized spacial score (nSPS) is 17.6. The Kier molecular flexibility index (Phi) is 8.33. The number of nitrogens with zero attached hydrogens (tertiary/aromatic N) is 5. The van der Waals surface area contributed by atoms with Gasteiger partial charge in [-0.15, -0.1) is 35.3 Å². The lowest BCUT2D eigenvalue weighted by Gasteiger charge is -2.34. The van der Waals surface area contributed by atoms with E-state index in [0.29, 0.717) is 6.04 Å². The van der Waals surface area contributed by atoms with Gasteiger partial charge >= 0.3 is 0 Å². The third-order valence-electron chi connectivity index (χ3n) is 4.69. The number of rotatable bonds is 5. The number of thiazole rings is 1. The van der Waals surface area contributed by atoms with Gasteiger partial charge in [-0.05, 0) is 26.7 Å². The summed E-state index contributed by atoms with van der Waals surface area (Å²) in [4.78, 5) is 12.6. The maximum absolute atomic E-state index is 4.49. The van der Waals surface area contributed by atoms with Gasteiger partial charge in [-0.1, -0.05) is 0 Å². The third kappa shape index (κ3) is 6.06. The topological polar surface area (TPSA) is 70.4 Å². The zero-order valence-corrected chi connectivity index (χ0v) is 19.7.